The van der Waals surface area contributed by atoms with Gasteiger partial charge in [-0.15, -0.1) is 0 Å². The molecule has 106 valence electrons. The Morgan fingerprint density at radius 1 is 1.20 bits per heavy atom. The Morgan fingerprint density at radius 3 is 2.55 bits per heavy atom. The molecule has 0 aliphatic heterocycles. The zero-order valence-electron chi connectivity index (χ0n) is 10.8. The maximum atomic E-state index is 12.3. The first-order chi connectivity index (χ1) is 9.42. The molecule has 0 unspecified atom stereocenters. The van der Waals surface area contributed by atoms with E-state index >= 15 is 0 Å². The predicted molar refractivity (Wildman–Crippen MR) is 82.4 cm³/mol. The Morgan fingerprint density at radius 2 is 1.95 bits per heavy atom. The molecule has 0 saturated heterocycles. The number of methoxy groups -OCH3 is 1. The van der Waals surface area contributed by atoms with Crippen molar-refractivity contribution in [1.29, 1.82) is 0 Å². The molecule has 0 saturated carbocycles. The second kappa shape index (κ2) is 5.85. The molecule has 2 N–H and O–H groups in total. The van der Waals surface area contributed by atoms with Crippen LogP contribution in [0.2, 0.25) is 0 Å². The van der Waals surface area contributed by atoms with Gasteiger partial charge in [-0.05, 0) is 35.9 Å². The van der Waals surface area contributed by atoms with Crippen molar-refractivity contribution in [2.75, 3.05) is 12.8 Å². The van der Waals surface area contributed by atoms with Crippen molar-refractivity contribution in [3.05, 3.63) is 52.5 Å². The Bertz CT molecular complexity index is 729. The first kappa shape index (κ1) is 14.9. The minimum atomic E-state index is -3.40. The number of nitrogen functional groups attached to an aromatic ring is 1. The molecule has 0 bridgehead atoms. The minimum Gasteiger partial charge on any atom is -0.495 e. The van der Waals surface area contributed by atoms with Crippen LogP contribution in [0.3, 0.4) is 0 Å². The lowest BCUT2D eigenvalue weighted by Crippen LogP contribution is -2.05. The monoisotopic (exact) mass is 355 g/mol. The summed E-state index contributed by atoms with van der Waals surface area (Å²) in [5, 5.41) is 0. The second-order valence-electron chi connectivity index (χ2n) is 4.29. The van der Waals surface area contributed by atoms with E-state index in [9.17, 15) is 8.42 Å². The molecule has 2 aromatic carbocycles. The highest BCUT2D eigenvalue weighted by atomic mass is 79.9. The van der Waals surface area contributed by atoms with Crippen LogP contribution < -0.4 is 10.5 Å². The smallest absolute Gasteiger partial charge is 0.182 e. The van der Waals surface area contributed by atoms with Gasteiger partial charge in [0, 0.05) is 4.47 Å². The van der Waals surface area contributed by atoms with Crippen LogP contribution in [0, 0.1) is 0 Å². The SMILES string of the molecule is COc1ccc(CS(=O)(=O)c2cccc(Br)c2)cc1N. The van der Waals surface area contributed by atoms with Gasteiger partial charge in [0.15, 0.2) is 9.84 Å². The Balaban J connectivity index is 2.31. The predicted octanol–water partition coefficient (Wildman–Crippen LogP) is 3.01. The van der Waals surface area contributed by atoms with Crippen LogP contribution in [0.4, 0.5) is 5.69 Å². The average molecular weight is 356 g/mol. The van der Waals surface area contributed by atoms with Crippen LogP contribution in [-0.4, -0.2) is 15.5 Å². The Kier molecular flexibility index (Phi) is 4.35. The summed E-state index contributed by atoms with van der Waals surface area (Å²) in [4.78, 5) is 0.279. The third-order valence-corrected chi connectivity index (χ3v) is 4.98. The fourth-order valence-electron chi connectivity index (χ4n) is 1.84. The summed E-state index contributed by atoms with van der Waals surface area (Å²) >= 11 is 3.27. The molecule has 0 fully saturated rings. The van der Waals surface area contributed by atoms with Gasteiger partial charge in [-0.3, -0.25) is 0 Å². The molecule has 2 rings (SSSR count). The van der Waals surface area contributed by atoms with Crippen LogP contribution in [-0.2, 0) is 15.6 Å². The number of benzene rings is 2. The summed E-state index contributed by atoms with van der Waals surface area (Å²) in [6, 6.07) is 11.6. The molecule has 20 heavy (non-hydrogen) atoms. The Labute approximate surface area is 126 Å². The lowest BCUT2D eigenvalue weighted by atomic mass is 10.2. The molecule has 4 nitrogen and oxygen atoms in total. The maximum absolute atomic E-state index is 12.3. The summed E-state index contributed by atoms with van der Waals surface area (Å²) in [7, 11) is -1.88. The van der Waals surface area contributed by atoms with E-state index < -0.39 is 9.84 Å². The van der Waals surface area contributed by atoms with E-state index in [1.54, 1.807) is 42.5 Å². The summed E-state index contributed by atoms with van der Waals surface area (Å²) in [6.45, 7) is 0. The van der Waals surface area contributed by atoms with Crippen molar-refractivity contribution in [1.82, 2.24) is 0 Å². The molecule has 2 aromatic rings. The number of halogens is 1. The number of sulfone groups is 1. The van der Waals surface area contributed by atoms with Gasteiger partial charge in [0.2, 0.25) is 0 Å². The van der Waals surface area contributed by atoms with Gasteiger partial charge in [-0.25, -0.2) is 8.42 Å². The molecule has 0 aliphatic rings. The van der Waals surface area contributed by atoms with Crippen LogP contribution >= 0.6 is 15.9 Å². The number of ether oxygens (including phenoxy) is 1. The normalized spacial score (nSPS) is 11.3. The van der Waals surface area contributed by atoms with Gasteiger partial charge >= 0.3 is 0 Å². The number of nitrogens with two attached hydrogens (primary N) is 1. The fourth-order valence-corrected chi connectivity index (χ4v) is 3.77. The first-order valence-electron chi connectivity index (χ1n) is 5.83. The first-order valence-corrected chi connectivity index (χ1v) is 8.27. The van der Waals surface area contributed by atoms with E-state index in [4.69, 9.17) is 10.5 Å². The standard InChI is InChI=1S/C14H14BrNO3S/c1-19-14-6-5-10(7-13(14)16)9-20(17,18)12-4-2-3-11(15)8-12/h2-8H,9,16H2,1H3. The van der Waals surface area contributed by atoms with Gasteiger partial charge in [-0.1, -0.05) is 28.1 Å². The fraction of sp³-hybridized carbons (Fsp3) is 0.143. The number of hydrogen-bond acceptors (Lipinski definition) is 4. The van der Waals surface area contributed by atoms with Gasteiger partial charge in [0.05, 0.1) is 23.4 Å². The highest BCUT2D eigenvalue weighted by Gasteiger charge is 2.16. The van der Waals surface area contributed by atoms with Crippen LogP contribution in [0.5, 0.6) is 5.75 Å². The highest BCUT2D eigenvalue weighted by molar-refractivity contribution is 9.10. The summed E-state index contributed by atoms with van der Waals surface area (Å²) in [6.07, 6.45) is 0. The van der Waals surface area contributed by atoms with Crippen molar-refractivity contribution < 1.29 is 13.2 Å². The molecular formula is C14H14BrNO3S. The van der Waals surface area contributed by atoms with Gasteiger partial charge < -0.3 is 10.5 Å². The van der Waals surface area contributed by atoms with Gasteiger partial charge in [-0.2, -0.15) is 0 Å². The van der Waals surface area contributed by atoms with Crippen molar-refractivity contribution >= 4 is 31.5 Å². The topological polar surface area (TPSA) is 69.4 Å². The molecule has 0 atom stereocenters. The van der Waals surface area contributed by atoms with E-state index in [0.29, 0.717) is 17.0 Å². The Hall–Kier alpha value is -1.53. The van der Waals surface area contributed by atoms with Crippen LogP contribution in [0.1, 0.15) is 5.56 Å². The molecule has 6 heteroatoms. The van der Waals surface area contributed by atoms with Crippen LogP contribution in [0.15, 0.2) is 51.8 Å². The van der Waals surface area contributed by atoms with Crippen molar-refractivity contribution in [2.45, 2.75) is 10.6 Å². The molecule has 0 aliphatic carbocycles. The molecule has 0 heterocycles. The number of hydrogen-bond donors (Lipinski definition) is 1. The summed E-state index contributed by atoms with van der Waals surface area (Å²) in [5.41, 5.74) is 6.84. The van der Waals surface area contributed by atoms with Crippen molar-refractivity contribution in [2.24, 2.45) is 0 Å². The summed E-state index contributed by atoms with van der Waals surface area (Å²) in [5.74, 6) is 0.436. The van der Waals surface area contributed by atoms with E-state index in [1.807, 2.05) is 0 Å². The molecule has 0 amide bonds. The molecule has 0 aromatic heterocycles. The van der Waals surface area contributed by atoms with E-state index in [1.165, 1.54) is 7.11 Å². The largest absolute Gasteiger partial charge is 0.495 e. The van der Waals surface area contributed by atoms with E-state index in [-0.39, 0.29) is 10.6 Å². The zero-order chi connectivity index (χ0) is 14.8. The lowest BCUT2D eigenvalue weighted by molar-refractivity contribution is 0.417. The number of rotatable bonds is 4. The van der Waals surface area contributed by atoms with Gasteiger partial charge in [0.1, 0.15) is 5.75 Å². The third-order valence-electron chi connectivity index (χ3n) is 2.81. The minimum absolute atomic E-state index is 0.0996. The molecular weight excluding hydrogens is 342 g/mol. The van der Waals surface area contributed by atoms with Crippen LogP contribution in [0.25, 0.3) is 0 Å². The van der Waals surface area contributed by atoms with Crippen molar-refractivity contribution in [3.8, 4) is 5.75 Å². The third kappa shape index (κ3) is 3.32. The van der Waals surface area contributed by atoms with Crippen molar-refractivity contribution in [3.63, 3.8) is 0 Å². The lowest BCUT2D eigenvalue weighted by Gasteiger charge is -2.08. The molecule has 0 spiro atoms. The number of anilines is 1. The molecule has 0 radical (unpaired) electrons. The quantitative estimate of drug-likeness (QED) is 0.855. The average Bonchev–Trinajstić information content (AvgIpc) is 2.38. The van der Waals surface area contributed by atoms with Gasteiger partial charge in [0.25, 0.3) is 0 Å². The second-order valence-corrected chi connectivity index (χ2v) is 7.20. The van der Waals surface area contributed by atoms with E-state index in [0.717, 1.165) is 4.47 Å². The van der Waals surface area contributed by atoms with E-state index in [2.05, 4.69) is 15.9 Å². The highest BCUT2D eigenvalue weighted by Crippen LogP contribution is 2.25. The zero-order valence-corrected chi connectivity index (χ0v) is 13.2. The summed E-state index contributed by atoms with van der Waals surface area (Å²) < 4.78 is 30.4. The maximum Gasteiger partial charge on any atom is 0.182 e.